The van der Waals surface area contributed by atoms with E-state index in [9.17, 15) is 0 Å². The minimum Gasteiger partial charge on any atom is -0.487 e. The second kappa shape index (κ2) is 9.37. The Hall–Kier alpha value is -2.76. The number of pyridine rings is 1. The highest BCUT2D eigenvalue weighted by molar-refractivity contribution is 6.32. The number of aromatic nitrogens is 1. The Morgan fingerprint density at radius 2 is 1.73 bits per heavy atom. The van der Waals surface area contributed by atoms with Crippen LogP contribution in [0.5, 0.6) is 17.2 Å². The fraction of sp³-hybridized carbons (Fsp3) is 0.292. The molecule has 0 aliphatic carbocycles. The summed E-state index contributed by atoms with van der Waals surface area (Å²) in [5.41, 5.74) is 5.42. The van der Waals surface area contributed by atoms with E-state index in [4.69, 9.17) is 25.8 Å². The molecule has 0 radical (unpaired) electrons. The van der Waals surface area contributed by atoms with Gasteiger partial charge in [0.25, 0.3) is 0 Å². The van der Waals surface area contributed by atoms with Gasteiger partial charge in [-0.2, -0.15) is 0 Å². The van der Waals surface area contributed by atoms with Crippen molar-refractivity contribution in [3.63, 3.8) is 0 Å². The lowest BCUT2D eigenvalue weighted by molar-refractivity contribution is 0.171. The lowest BCUT2D eigenvalue weighted by Crippen LogP contribution is -2.17. The van der Waals surface area contributed by atoms with Gasteiger partial charge in [0.2, 0.25) is 0 Å². The molecule has 30 heavy (non-hydrogen) atoms. The Morgan fingerprint density at radius 1 is 1.00 bits per heavy atom. The third-order valence-corrected chi connectivity index (χ3v) is 5.21. The summed E-state index contributed by atoms with van der Waals surface area (Å²) in [4.78, 5) is 4.31. The predicted octanol–water partition coefficient (Wildman–Crippen LogP) is 4.99. The van der Waals surface area contributed by atoms with Crippen molar-refractivity contribution in [1.29, 1.82) is 0 Å². The number of hydrogen-bond donors (Lipinski definition) is 1. The predicted molar refractivity (Wildman–Crippen MR) is 117 cm³/mol. The summed E-state index contributed by atoms with van der Waals surface area (Å²) in [6.07, 6.45) is 1.78. The highest BCUT2D eigenvalue weighted by Crippen LogP contribution is 2.38. The third kappa shape index (κ3) is 4.86. The van der Waals surface area contributed by atoms with Gasteiger partial charge in [0.15, 0.2) is 11.5 Å². The van der Waals surface area contributed by atoms with Crippen LogP contribution in [0, 0.1) is 13.8 Å². The summed E-state index contributed by atoms with van der Waals surface area (Å²) in [6, 6.07) is 14.1. The van der Waals surface area contributed by atoms with Gasteiger partial charge in [-0.1, -0.05) is 29.8 Å². The van der Waals surface area contributed by atoms with Gasteiger partial charge in [-0.15, -0.1) is 0 Å². The Labute approximate surface area is 182 Å². The monoisotopic (exact) mass is 424 g/mol. The molecule has 6 heteroatoms. The van der Waals surface area contributed by atoms with Gasteiger partial charge >= 0.3 is 0 Å². The van der Waals surface area contributed by atoms with Gasteiger partial charge in [-0.25, -0.2) is 0 Å². The first-order chi connectivity index (χ1) is 14.6. The second-order valence-electron chi connectivity index (χ2n) is 7.37. The Bertz CT molecular complexity index is 1000. The lowest BCUT2D eigenvalue weighted by atomic mass is 10.1. The van der Waals surface area contributed by atoms with Crippen LogP contribution in [0.25, 0.3) is 0 Å². The third-order valence-electron chi connectivity index (χ3n) is 4.93. The van der Waals surface area contributed by atoms with Gasteiger partial charge in [0.1, 0.15) is 25.6 Å². The molecule has 1 aromatic heterocycles. The first-order valence-corrected chi connectivity index (χ1v) is 10.4. The van der Waals surface area contributed by atoms with E-state index in [2.05, 4.69) is 36.3 Å². The molecule has 4 rings (SSSR count). The standard InChI is InChI=1S/C24H25ClN2O3/c1-16-9-18(10-17(2)23(16)30-15-20-5-3-4-6-27-20)13-26-14-19-11-21(25)24-22(12-19)28-7-8-29-24/h3-6,9-12,26H,7-8,13-15H2,1-2H3. The number of nitrogens with one attached hydrogen (secondary N) is 1. The van der Waals surface area contributed by atoms with Crippen molar-refractivity contribution in [2.45, 2.75) is 33.5 Å². The van der Waals surface area contributed by atoms with Crippen LogP contribution in [0.4, 0.5) is 0 Å². The van der Waals surface area contributed by atoms with E-state index in [0.717, 1.165) is 34.7 Å². The molecule has 2 aromatic carbocycles. The molecule has 0 amide bonds. The van der Waals surface area contributed by atoms with Crippen molar-refractivity contribution < 1.29 is 14.2 Å². The number of nitrogens with zero attached hydrogens (tertiary/aromatic N) is 1. The molecular weight excluding hydrogens is 400 g/mol. The van der Waals surface area contributed by atoms with Gasteiger partial charge in [0.05, 0.1) is 10.7 Å². The summed E-state index contributed by atoms with van der Waals surface area (Å²) in [7, 11) is 0. The molecule has 1 aliphatic heterocycles. The second-order valence-corrected chi connectivity index (χ2v) is 7.78. The quantitative estimate of drug-likeness (QED) is 0.579. The van der Waals surface area contributed by atoms with Gasteiger partial charge < -0.3 is 19.5 Å². The van der Waals surface area contributed by atoms with Gasteiger partial charge in [0, 0.05) is 19.3 Å². The number of rotatable bonds is 7. The van der Waals surface area contributed by atoms with E-state index in [-0.39, 0.29) is 0 Å². The number of halogens is 1. The summed E-state index contributed by atoms with van der Waals surface area (Å²) < 4.78 is 17.3. The van der Waals surface area contributed by atoms with E-state index in [1.165, 1.54) is 5.56 Å². The normalized spacial score (nSPS) is 12.6. The maximum Gasteiger partial charge on any atom is 0.179 e. The first kappa shape index (κ1) is 20.5. The average molecular weight is 425 g/mol. The van der Waals surface area contributed by atoms with Gasteiger partial charge in [-0.3, -0.25) is 4.98 Å². The van der Waals surface area contributed by atoms with E-state index in [1.807, 2.05) is 30.3 Å². The maximum absolute atomic E-state index is 6.33. The van der Waals surface area contributed by atoms with Crippen LogP contribution >= 0.6 is 11.6 Å². The summed E-state index contributed by atoms with van der Waals surface area (Å²) in [5, 5.41) is 4.07. The van der Waals surface area contributed by atoms with Crippen LogP contribution in [-0.4, -0.2) is 18.2 Å². The molecule has 0 unspecified atom stereocenters. The number of aryl methyl sites for hydroxylation is 2. The molecule has 156 valence electrons. The fourth-order valence-electron chi connectivity index (χ4n) is 3.62. The number of hydrogen-bond acceptors (Lipinski definition) is 5. The zero-order valence-corrected chi connectivity index (χ0v) is 18.0. The van der Waals surface area contributed by atoms with E-state index < -0.39 is 0 Å². The highest BCUT2D eigenvalue weighted by Gasteiger charge is 2.16. The molecular formula is C24H25ClN2O3. The average Bonchev–Trinajstić information content (AvgIpc) is 2.74. The van der Waals surface area contributed by atoms with Gasteiger partial charge in [-0.05, 0) is 60.4 Å². The molecule has 0 saturated heterocycles. The molecule has 0 fully saturated rings. The van der Waals surface area contributed by atoms with Crippen LogP contribution in [-0.2, 0) is 19.7 Å². The zero-order valence-electron chi connectivity index (χ0n) is 17.2. The van der Waals surface area contributed by atoms with Crippen LogP contribution < -0.4 is 19.5 Å². The molecule has 0 atom stereocenters. The lowest BCUT2D eigenvalue weighted by Gasteiger charge is -2.20. The van der Waals surface area contributed by atoms with Crippen molar-refractivity contribution >= 4 is 11.6 Å². The largest absolute Gasteiger partial charge is 0.487 e. The SMILES string of the molecule is Cc1cc(CNCc2cc(Cl)c3c(c2)OCCO3)cc(C)c1OCc1ccccn1. The molecule has 1 N–H and O–H groups in total. The zero-order chi connectivity index (χ0) is 20.9. The van der Waals surface area contributed by atoms with Crippen molar-refractivity contribution in [1.82, 2.24) is 10.3 Å². The minimum atomic E-state index is 0.463. The summed E-state index contributed by atoms with van der Waals surface area (Å²) >= 11 is 6.33. The van der Waals surface area contributed by atoms with Crippen molar-refractivity contribution in [2.24, 2.45) is 0 Å². The Morgan fingerprint density at radius 3 is 2.47 bits per heavy atom. The molecule has 3 aromatic rings. The van der Waals surface area contributed by atoms with E-state index in [1.54, 1.807) is 6.20 Å². The number of benzene rings is 2. The highest BCUT2D eigenvalue weighted by atomic mass is 35.5. The smallest absolute Gasteiger partial charge is 0.179 e. The van der Waals surface area contributed by atoms with E-state index in [0.29, 0.717) is 42.9 Å². The summed E-state index contributed by atoms with van der Waals surface area (Å²) in [5.74, 6) is 2.27. The number of fused-ring (bicyclic) bond motifs is 1. The topological polar surface area (TPSA) is 52.6 Å². The molecule has 1 aliphatic rings. The molecule has 0 spiro atoms. The van der Waals surface area contributed by atoms with Crippen molar-refractivity contribution in [3.05, 3.63) is 81.6 Å². The van der Waals surface area contributed by atoms with Crippen LogP contribution in [0.1, 0.15) is 27.9 Å². The van der Waals surface area contributed by atoms with Crippen LogP contribution in [0.3, 0.4) is 0 Å². The fourth-order valence-corrected chi connectivity index (χ4v) is 3.90. The van der Waals surface area contributed by atoms with Crippen LogP contribution in [0.15, 0.2) is 48.7 Å². The molecule has 0 bridgehead atoms. The molecule has 2 heterocycles. The Balaban J connectivity index is 1.36. The first-order valence-electron chi connectivity index (χ1n) is 10.0. The molecule has 0 saturated carbocycles. The molecule has 5 nitrogen and oxygen atoms in total. The van der Waals surface area contributed by atoms with Crippen molar-refractivity contribution in [3.8, 4) is 17.2 Å². The van der Waals surface area contributed by atoms with Crippen LogP contribution in [0.2, 0.25) is 5.02 Å². The van der Waals surface area contributed by atoms with Crippen molar-refractivity contribution in [2.75, 3.05) is 13.2 Å². The minimum absolute atomic E-state index is 0.463. The summed E-state index contributed by atoms with van der Waals surface area (Å²) in [6.45, 7) is 7.12. The maximum atomic E-state index is 6.33. The number of ether oxygens (including phenoxy) is 3. The Kier molecular flexibility index (Phi) is 6.41. The van der Waals surface area contributed by atoms with E-state index >= 15 is 0 Å².